The number of nitrogens with zero attached hydrogens (tertiary/aromatic N) is 1. The Morgan fingerprint density at radius 3 is 2.57 bits per heavy atom. The van der Waals surface area contributed by atoms with Gasteiger partial charge in [0.15, 0.2) is 0 Å². The molecule has 2 aromatic carbocycles. The van der Waals surface area contributed by atoms with Gasteiger partial charge in [-0.1, -0.05) is 29.8 Å². The molecule has 2 N–H and O–H groups in total. The number of anilines is 1. The molecule has 3 nitrogen and oxygen atoms in total. The van der Waals surface area contributed by atoms with Crippen molar-refractivity contribution in [1.82, 2.24) is 4.90 Å². The van der Waals surface area contributed by atoms with Gasteiger partial charge in [-0.15, -0.1) is 0 Å². The number of carbonyl (C=O) groups excluding carboxylic acids is 1. The fourth-order valence-corrected chi connectivity index (χ4v) is 2.45. The van der Waals surface area contributed by atoms with Crippen LogP contribution in [0.2, 0.25) is 5.02 Å². The zero-order valence-corrected chi connectivity index (χ0v) is 13.0. The van der Waals surface area contributed by atoms with Crippen LogP contribution in [0.4, 0.5) is 5.69 Å². The number of halogens is 1. The molecule has 0 aromatic heterocycles. The van der Waals surface area contributed by atoms with Gasteiger partial charge in [0, 0.05) is 29.4 Å². The van der Waals surface area contributed by atoms with E-state index >= 15 is 0 Å². The third-order valence-electron chi connectivity index (χ3n) is 3.47. The van der Waals surface area contributed by atoms with Crippen LogP contribution >= 0.6 is 11.6 Å². The maximum atomic E-state index is 12.7. The molecule has 1 amide bonds. The maximum absolute atomic E-state index is 12.7. The van der Waals surface area contributed by atoms with Crippen LogP contribution in [0.3, 0.4) is 0 Å². The highest BCUT2D eigenvalue weighted by molar-refractivity contribution is 6.31. The fourth-order valence-electron chi connectivity index (χ4n) is 2.26. The van der Waals surface area contributed by atoms with E-state index in [1.807, 2.05) is 44.2 Å². The molecule has 0 radical (unpaired) electrons. The first kappa shape index (κ1) is 15.4. The van der Waals surface area contributed by atoms with E-state index in [-0.39, 0.29) is 5.91 Å². The van der Waals surface area contributed by atoms with E-state index in [0.717, 1.165) is 11.1 Å². The zero-order chi connectivity index (χ0) is 15.4. The van der Waals surface area contributed by atoms with Crippen molar-refractivity contribution in [3.05, 3.63) is 64.2 Å². The molecule has 0 bridgehead atoms. The minimum Gasteiger partial charge on any atom is -0.399 e. The lowest BCUT2D eigenvalue weighted by molar-refractivity contribution is 0.0752. The van der Waals surface area contributed by atoms with Crippen LogP contribution in [0.15, 0.2) is 42.5 Å². The molecule has 0 fully saturated rings. The molecule has 2 rings (SSSR count). The lowest BCUT2D eigenvalue weighted by Crippen LogP contribution is -2.31. The van der Waals surface area contributed by atoms with Gasteiger partial charge in [0.25, 0.3) is 5.91 Å². The van der Waals surface area contributed by atoms with Crippen molar-refractivity contribution in [2.24, 2.45) is 0 Å². The van der Waals surface area contributed by atoms with Gasteiger partial charge < -0.3 is 10.6 Å². The van der Waals surface area contributed by atoms with Crippen molar-refractivity contribution < 1.29 is 4.79 Å². The molecule has 0 aliphatic carbocycles. The second kappa shape index (κ2) is 6.64. The van der Waals surface area contributed by atoms with E-state index in [4.69, 9.17) is 17.3 Å². The van der Waals surface area contributed by atoms with E-state index in [2.05, 4.69) is 0 Å². The van der Waals surface area contributed by atoms with E-state index in [1.54, 1.807) is 17.0 Å². The largest absolute Gasteiger partial charge is 0.399 e. The first-order valence-corrected chi connectivity index (χ1v) is 7.29. The summed E-state index contributed by atoms with van der Waals surface area (Å²) >= 11 is 6.17. The molecule has 0 atom stereocenters. The second-order valence-corrected chi connectivity index (χ2v) is 5.39. The van der Waals surface area contributed by atoms with Crippen molar-refractivity contribution in [1.29, 1.82) is 0 Å². The minimum absolute atomic E-state index is 0.00470. The number of carbonyl (C=O) groups is 1. The SMILES string of the molecule is CCN(Cc1ccccc1Cl)C(=O)c1ccc(N)cc1C. The van der Waals surface area contributed by atoms with Crippen LogP contribution in [0, 0.1) is 6.92 Å². The number of hydrogen-bond acceptors (Lipinski definition) is 2. The number of nitrogens with two attached hydrogens (primary N) is 1. The molecule has 0 spiro atoms. The van der Waals surface area contributed by atoms with Gasteiger partial charge in [-0.25, -0.2) is 0 Å². The summed E-state index contributed by atoms with van der Waals surface area (Å²) in [5.41, 5.74) is 8.91. The minimum atomic E-state index is -0.00470. The Hall–Kier alpha value is -2.00. The molecule has 2 aromatic rings. The molecule has 0 heterocycles. The van der Waals surface area contributed by atoms with Crippen molar-refractivity contribution in [3.8, 4) is 0 Å². The molecule has 110 valence electrons. The summed E-state index contributed by atoms with van der Waals surface area (Å²) in [6, 6.07) is 12.9. The highest BCUT2D eigenvalue weighted by Crippen LogP contribution is 2.20. The Kier molecular flexibility index (Phi) is 4.86. The first-order chi connectivity index (χ1) is 10.0. The number of aryl methyl sites for hydroxylation is 1. The molecule has 4 heteroatoms. The number of rotatable bonds is 4. The fraction of sp³-hybridized carbons (Fsp3) is 0.235. The standard InChI is InChI=1S/C17H19ClN2O/c1-3-20(11-13-6-4-5-7-16(13)18)17(21)15-9-8-14(19)10-12(15)2/h4-10H,3,11,19H2,1-2H3. The summed E-state index contributed by atoms with van der Waals surface area (Å²) in [4.78, 5) is 14.4. The molecule has 0 aliphatic rings. The Balaban J connectivity index is 2.25. The van der Waals surface area contributed by atoms with Crippen LogP contribution < -0.4 is 5.73 Å². The van der Waals surface area contributed by atoms with Gasteiger partial charge in [0.2, 0.25) is 0 Å². The summed E-state index contributed by atoms with van der Waals surface area (Å²) in [6.45, 7) is 4.97. The molecular formula is C17H19ClN2O. The normalized spacial score (nSPS) is 10.4. The quantitative estimate of drug-likeness (QED) is 0.871. The van der Waals surface area contributed by atoms with Crippen LogP contribution in [0.5, 0.6) is 0 Å². The lowest BCUT2D eigenvalue weighted by atomic mass is 10.1. The highest BCUT2D eigenvalue weighted by Gasteiger charge is 2.17. The summed E-state index contributed by atoms with van der Waals surface area (Å²) < 4.78 is 0. The number of amides is 1. The third kappa shape index (κ3) is 3.56. The topological polar surface area (TPSA) is 46.3 Å². The van der Waals surface area contributed by atoms with E-state index in [1.165, 1.54) is 0 Å². The van der Waals surface area contributed by atoms with Crippen molar-refractivity contribution in [2.75, 3.05) is 12.3 Å². The molecule has 0 saturated heterocycles. The Bertz CT molecular complexity index is 655. The van der Waals surface area contributed by atoms with Gasteiger partial charge >= 0.3 is 0 Å². The first-order valence-electron chi connectivity index (χ1n) is 6.91. The Labute approximate surface area is 130 Å². The number of hydrogen-bond donors (Lipinski definition) is 1. The van der Waals surface area contributed by atoms with Crippen LogP contribution in [-0.4, -0.2) is 17.4 Å². The maximum Gasteiger partial charge on any atom is 0.254 e. The predicted molar refractivity (Wildman–Crippen MR) is 87.5 cm³/mol. The molecule has 0 unspecified atom stereocenters. The van der Waals surface area contributed by atoms with Crippen molar-refractivity contribution in [2.45, 2.75) is 20.4 Å². The lowest BCUT2D eigenvalue weighted by Gasteiger charge is -2.22. The van der Waals surface area contributed by atoms with Crippen molar-refractivity contribution in [3.63, 3.8) is 0 Å². The van der Waals surface area contributed by atoms with Gasteiger partial charge in [0.1, 0.15) is 0 Å². The predicted octanol–water partition coefficient (Wildman–Crippen LogP) is 3.89. The number of benzene rings is 2. The van der Waals surface area contributed by atoms with E-state index < -0.39 is 0 Å². The second-order valence-electron chi connectivity index (χ2n) is 4.99. The zero-order valence-electron chi connectivity index (χ0n) is 12.3. The van der Waals surface area contributed by atoms with Crippen molar-refractivity contribution >= 4 is 23.2 Å². The third-order valence-corrected chi connectivity index (χ3v) is 3.84. The van der Waals surface area contributed by atoms with Crippen LogP contribution in [0.1, 0.15) is 28.4 Å². The van der Waals surface area contributed by atoms with Gasteiger partial charge in [0.05, 0.1) is 0 Å². The highest BCUT2D eigenvalue weighted by atomic mass is 35.5. The average molecular weight is 303 g/mol. The van der Waals surface area contributed by atoms with Crippen LogP contribution in [0.25, 0.3) is 0 Å². The molecule has 21 heavy (non-hydrogen) atoms. The van der Waals surface area contributed by atoms with E-state index in [0.29, 0.717) is 29.4 Å². The summed E-state index contributed by atoms with van der Waals surface area (Å²) in [7, 11) is 0. The van der Waals surface area contributed by atoms with Crippen LogP contribution in [-0.2, 0) is 6.54 Å². The van der Waals surface area contributed by atoms with Gasteiger partial charge in [-0.05, 0) is 49.2 Å². The Morgan fingerprint density at radius 2 is 1.95 bits per heavy atom. The summed E-state index contributed by atoms with van der Waals surface area (Å²) in [5.74, 6) is -0.00470. The number of nitrogen functional groups attached to an aromatic ring is 1. The summed E-state index contributed by atoms with van der Waals surface area (Å²) in [5, 5.41) is 0.678. The average Bonchev–Trinajstić information content (AvgIpc) is 2.46. The van der Waals surface area contributed by atoms with Gasteiger partial charge in [-0.2, -0.15) is 0 Å². The Morgan fingerprint density at radius 1 is 1.24 bits per heavy atom. The molecular weight excluding hydrogens is 284 g/mol. The van der Waals surface area contributed by atoms with Gasteiger partial charge in [-0.3, -0.25) is 4.79 Å². The van der Waals surface area contributed by atoms with E-state index in [9.17, 15) is 4.79 Å². The molecule has 0 aliphatic heterocycles. The molecule has 0 saturated carbocycles. The smallest absolute Gasteiger partial charge is 0.254 e. The summed E-state index contributed by atoms with van der Waals surface area (Å²) in [6.07, 6.45) is 0. The monoisotopic (exact) mass is 302 g/mol.